The van der Waals surface area contributed by atoms with Crippen molar-refractivity contribution in [1.82, 2.24) is 0 Å². The molecule has 5 heteroatoms. The van der Waals surface area contributed by atoms with Crippen molar-refractivity contribution in [1.29, 1.82) is 0 Å². The average molecular weight is 336 g/mol. The molecular weight excluding hydrogens is 316 g/mol. The number of benzene rings is 2. The molecule has 0 aliphatic heterocycles. The molecule has 1 aromatic heterocycles. The largest absolute Gasteiger partial charge is 0.451 e. The second-order valence-corrected chi connectivity index (χ2v) is 6.88. The summed E-state index contributed by atoms with van der Waals surface area (Å²) in [6, 6.07) is 16.1. The van der Waals surface area contributed by atoms with Crippen molar-refractivity contribution in [3.8, 4) is 0 Å². The summed E-state index contributed by atoms with van der Waals surface area (Å²) in [5.74, 6) is -0.124. The van der Waals surface area contributed by atoms with Gasteiger partial charge in [0.1, 0.15) is 5.58 Å². The zero-order valence-electron chi connectivity index (χ0n) is 14.4. The lowest BCUT2D eigenvalue weighted by molar-refractivity contribution is -0.123. The lowest BCUT2D eigenvalue weighted by Gasteiger charge is -2.17. The molecular formula is C20H20N2O3. The predicted octanol–water partition coefficient (Wildman–Crippen LogP) is 4.67. The van der Waals surface area contributed by atoms with Gasteiger partial charge in [0.2, 0.25) is 5.91 Å². The third kappa shape index (κ3) is 3.88. The highest BCUT2D eigenvalue weighted by atomic mass is 16.3. The second-order valence-electron chi connectivity index (χ2n) is 6.88. The molecule has 0 spiro atoms. The van der Waals surface area contributed by atoms with E-state index in [1.807, 2.05) is 45.0 Å². The first-order valence-electron chi connectivity index (χ1n) is 8.04. The Bertz CT molecular complexity index is 885. The summed E-state index contributed by atoms with van der Waals surface area (Å²) >= 11 is 0. The quantitative estimate of drug-likeness (QED) is 0.730. The molecule has 0 saturated carbocycles. The fourth-order valence-corrected chi connectivity index (χ4v) is 2.24. The van der Waals surface area contributed by atoms with E-state index in [0.717, 1.165) is 5.39 Å². The maximum atomic E-state index is 12.3. The maximum Gasteiger partial charge on any atom is 0.291 e. The Labute approximate surface area is 146 Å². The van der Waals surface area contributed by atoms with Gasteiger partial charge in [-0.05, 0) is 36.4 Å². The van der Waals surface area contributed by atoms with Crippen LogP contribution in [-0.2, 0) is 4.79 Å². The number of carbonyl (C=O) groups excluding carboxylic acids is 2. The van der Waals surface area contributed by atoms with Gasteiger partial charge in [0.25, 0.3) is 5.91 Å². The first-order chi connectivity index (χ1) is 11.8. The Hall–Kier alpha value is -3.08. The van der Waals surface area contributed by atoms with Gasteiger partial charge < -0.3 is 15.1 Å². The molecule has 0 aliphatic carbocycles. The molecule has 0 aliphatic rings. The van der Waals surface area contributed by atoms with E-state index < -0.39 is 5.41 Å². The van der Waals surface area contributed by atoms with E-state index in [1.165, 1.54) is 0 Å². The van der Waals surface area contributed by atoms with Crippen LogP contribution in [0.2, 0.25) is 0 Å². The molecule has 0 atom stereocenters. The molecule has 128 valence electrons. The molecule has 5 nitrogen and oxygen atoms in total. The smallest absolute Gasteiger partial charge is 0.291 e. The molecule has 3 rings (SSSR count). The summed E-state index contributed by atoms with van der Waals surface area (Å²) in [5.41, 5.74) is 1.52. The lowest BCUT2D eigenvalue weighted by atomic mass is 9.95. The van der Waals surface area contributed by atoms with E-state index in [-0.39, 0.29) is 17.6 Å². The summed E-state index contributed by atoms with van der Waals surface area (Å²) in [6.07, 6.45) is 0. The van der Waals surface area contributed by atoms with Crippen LogP contribution in [0.5, 0.6) is 0 Å². The molecule has 0 fully saturated rings. The van der Waals surface area contributed by atoms with Crippen LogP contribution in [0.15, 0.2) is 59.0 Å². The van der Waals surface area contributed by atoms with E-state index in [4.69, 9.17) is 4.42 Å². The van der Waals surface area contributed by atoms with Crippen LogP contribution in [0.1, 0.15) is 31.3 Å². The highest BCUT2D eigenvalue weighted by Crippen LogP contribution is 2.21. The third-order valence-electron chi connectivity index (χ3n) is 3.73. The molecule has 0 radical (unpaired) electrons. The number of hydrogen-bond donors (Lipinski definition) is 2. The first-order valence-corrected chi connectivity index (χ1v) is 8.04. The number of anilines is 2. The second kappa shape index (κ2) is 6.43. The summed E-state index contributed by atoms with van der Waals surface area (Å²) in [7, 11) is 0. The highest BCUT2D eigenvalue weighted by Gasteiger charge is 2.21. The van der Waals surface area contributed by atoms with E-state index >= 15 is 0 Å². The summed E-state index contributed by atoms with van der Waals surface area (Å²) in [4.78, 5) is 24.3. The Kier molecular flexibility index (Phi) is 4.31. The molecule has 1 heterocycles. The van der Waals surface area contributed by atoms with Crippen molar-refractivity contribution in [2.24, 2.45) is 5.41 Å². The zero-order valence-corrected chi connectivity index (χ0v) is 14.4. The van der Waals surface area contributed by atoms with Gasteiger partial charge in [-0.2, -0.15) is 0 Å². The van der Waals surface area contributed by atoms with Gasteiger partial charge in [-0.1, -0.05) is 39.0 Å². The SMILES string of the molecule is CC(C)(C)C(=O)Nc1ccc(NC(=O)c2cc3ccccc3o2)cc1. The van der Waals surface area contributed by atoms with Gasteiger partial charge in [0.15, 0.2) is 5.76 Å². The average Bonchev–Trinajstić information content (AvgIpc) is 3.00. The maximum absolute atomic E-state index is 12.3. The normalized spacial score (nSPS) is 11.3. The van der Waals surface area contributed by atoms with Gasteiger partial charge in [0.05, 0.1) is 0 Å². The Morgan fingerprint density at radius 1 is 0.880 bits per heavy atom. The van der Waals surface area contributed by atoms with Gasteiger partial charge in [-0.25, -0.2) is 0 Å². The summed E-state index contributed by atoms with van der Waals surface area (Å²) in [6.45, 7) is 5.55. The number of fused-ring (bicyclic) bond motifs is 1. The number of amides is 2. The van der Waals surface area contributed by atoms with Crippen LogP contribution in [0.3, 0.4) is 0 Å². The van der Waals surface area contributed by atoms with Crippen molar-refractivity contribution in [3.05, 3.63) is 60.4 Å². The van der Waals surface area contributed by atoms with Crippen LogP contribution in [-0.4, -0.2) is 11.8 Å². The Balaban J connectivity index is 1.68. The number of para-hydroxylation sites is 1. The van der Waals surface area contributed by atoms with Crippen molar-refractivity contribution in [3.63, 3.8) is 0 Å². The van der Waals surface area contributed by atoms with E-state index in [9.17, 15) is 9.59 Å². The van der Waals surface area contributed by atoms with Crippen LogP contribution in [0.4, 0.5) is 11.4 Å². The van der Waals surface area contributed by atoms with E-state index in [1.54, 1.807) is 30.3 Å². The summed E-state index contributed by atoms with van der Waals surface area (Å²) < 4.78 is 5.55. The molecule has 0 bridgehead atoms. The highest BCUT2D eigenvalue weighted by molar-refractivity contribution is 6.04. The van der Waals surface area contributed by atoms with Crippen LogP contribution in [0, 0.1) is 5.41 Å². The minimum atomic E-state index is -0.464. The van der Waals surface area contributed by atoms with Crippen LogP contribution >= 0.6 is 0 Å². The number of nitrogens with one attached hydrogen (secondary N) is 2. The van der Waals surface area contributed by atoms with Crippen LogP contribution in [0.25, 0.3) is 11.0 Å². The zero-order chi connectivity index (χ0) is 18.0. The van der Waals surface area contributed by atoms with E-state index in [0.29, 0.717) is 17.0 Å². The number of rotatable bonds is 3. The fraction of sp³-hybridized carbons (Fsp3) is 0.200. The topological polar surface area (TPSA) is 71.3 Å². The van der Waals surface area contributed by atoms with Crippen LogP contribution < -0.4 is 10.6 Å². The van der Waals surface area contributed by atoms with Gasteiger partial charge in [0, 0.05) is 22.2 Å². The number of hydrogen-bond acceptors (Lipinski definition) is 3. The summed E-state index contributed by atoms with van der Waals surface area (Å²) in [5, 5.41) is 6.51. The molecule has 2 N–H and O–H groups in total. The Morgan fingerprint density at radius 2 is 1.48 bits per heavy atom. The third-order valence-corrected chi connectivity index (χ3v) is 3.73. The molecule has 2 aromatic carbocycles. The van der Waals surface area contributed by atoms with Gasteiger partial charge >= 0.3 is 0 Å². The molecule has 0 unspecified atom stereocenters. The lowest BCUT2D eigenvalue weighted by Crippen LogP contribution is -2.27. The van der Waals surface area contributed by atoms with Crippen molar-refractivity contribution < 1.29 is 14.0 Å². The van der Waals surface area contributed by atoms with Gasteiger partial charge in [-0.15, -0.1) is 0 Å². The number of furan rings is 1. The minimum absolute atomic E-state index is 0.0634. The van der Waals surface area contributed by atoms with E-state index in [2.05, 4.69) is 10.6 Å². The molecule has 25 heavy (non-hydrogen) atoms. The van der Waals surface area contributed by atoms with Crippen molar-refractivity contribution in [2.45, 2.75) is 20.8 Å². The molecule has 0 saturated heterocycles. The first kappa shape index (κ1) is 16.8. The van der Waals surface area contributed by atoms with Gasteiger partial charge in [-0.3, -0.25) is 9.59 Å². The fourth-order valence-electron chi connectivity index (χ4n) is 2.24. The standard InChI is InChI=1S/C20H20N2O3/c1-20(2,3)19(24)22-15-10-8-14(9-11-15)21-18(23)17-12-13-6-4-5-7-16(13)25-17/h4-12H,1-3H3,(H,21,23)(H,22,24). The molecule has 3 aromatic rings. The minimum Gasteiger partial charge on any atom is -0.451 e. The van der Waals surface area contributed by atoms with Crippen molar-refractivity contribution in [2.75, 3.05) is 10.6 Å². The number of carbonyl (C=O) groups is 2. The Morgan fingerprint density at radius 3 is 2.08 bits per heavy atom. The molecule has 2 amide bonds. The predicted molar refractivity (Wildman–Crippen MR) is 98.7 cm³/mol. The van der Waals surface area contributed by atoms with Crippen molar-refractivity contribution >= 4 is 34.2 Å². The monoisotopic (exact) mass is 336 g/mol.